The van der Waals surface area contributed by atoms with Gasteiger partial charge < -0.3 is 24.8 Å². The number of rotatable bonds is 7. The highest BCUT2D eigenvalue weighted by Crippen LogP contribution is 2.32. The molecule has 6 nitrogen and oxygen atoms in total. The minimum absolute atomic E-state index is 0.0372. The Labute approximate surface area is 151 Å². The maximum absolute atomic E-state index is 12.0. The predicted octanol–water partition coefficient (Wildman–Crippen LogP) is 3.20. The zero-order valence-corrected chi connectivity index (χ0v) is 14.6. The zero-order valence-electron chi connectivity index (χ0n) is 13.8. The van der Waals surface area contributed by atoms with E-state index in [-0.39, 0.29) is 12.7 Å². The minimum atomic E-state index is -0.0372. The van der Waals surface area contributed by atoms with E-state index in [9.17, 15) is 4.79 Å². The Balaban J connectivity index is 1.41. The largest absolute Gasteiger partial charge is 0.495 e. The standard InChI is InChI=1S/C18H19ClN2O4/c1-23-15-5-3-13(9-14(15)19)20-7-6-18(22)21-10-12-2-4-16-17(8-12)25-11-24-16/h2-5,8-9,20H,6-7,10-11H2,1H3,(H,21,22). The van der Waals surface area contributed by atoms with Gasteiger partial charge in [-0.25, -0.2) is 0 Å². The van der Waals surface area contributed by atoms with E-state index < -0.39 is 0 Å². The highest BCUT2D eigenvalue weighted by molar-refractivity contribution is 6.32. The third-order valence-electron chi connectivity index (χ3n) is 3.76. The molecule has 0 saturated carbocycles. The fourth-order valence-corrected chi connectivity index (χ4v) is 2.69. The Hall–Kier alpha value is -2.60. The van der Waals surface area contributed by atoms with Gasteiger partial charge in [0.15, 0.2) is 11.5 Å². The molecule has 132 valence electrons. The van der Waals surface area contributed by atoms with Crippen molar-refractivity contribution in [1.82, 2.24) is 5.32 Å². The van der Waals surface area contributed by atoms with Gasteiger partial charge in [-0.05, 0) is 35.9 Å². The summed E-state index contributed by atoms with van der Waals surface area (Å²) in [7, 11) is 1.57. The summed E-state index contributed by atoms with van der Waals surface area (Å²) >= 11 is 6.07. The zero-order chi connectivity index (χ0) is 17.6. The lowest BCUT2D eigenvalue weighted by Crippen LogP contribution is -2.24. The van der Waals surface area contributed by atoms with Gasteiger partial charge >= 0.3 is 0 Å². The van der Waals surface area contributed by atoms with Crippen molar-refractivity contribution in [3.8, 4) is 17.2 Å². The molecule has 1 heterocycles. The summed E-state index contributed by atoms with van der Waals surface area (Å²) in [5, 5.41) is 6.57. The smallest absolute Gasteiger partial charge is 0.231 e. The Morgan fingerprint density at radius 1 is 1.20 bits per heavy atom. The molecule has 0 fully saturated rings. The number of halogens is 1. The third-order valence-corrected chi connectivity index (χ3v) is 4.06. The summed E-state index contributed by atoms with van der Waals surface area (Å²) in [6.45, 7) is 1.20. The number of methoxy groups -OCH3 is 1. The number of benzene rings is 2. The van der Waals surface area contributed by atoms with Crippen LogP contribution in [-0.4, -0.2) is 26.4 Å². The van der Waals surface area contributed by atoms with Crippen molar-refractivity contribution in [2.45, 2.75) is 13.0 Å². The molecule has 2 N–H and O–H groups in total. The molecule has 0 aliphatic carbocycles. The highest BCUT2D eigenvalue weighted by Gasteiger charge is 2.13. The highest BCUT2D eigenvalue weighted by atomic mass is 35.5. The summed E-state index contributed by atoms with van der Waals surface area (Å²) in [6, 6.07) is 11.0. The number of anilines is 1. The van der Waals surface area contributed by atoms with Crippen LogP contribution in [-0.2, 0) is 11.3 Å². The molecule has 1 amide bonds. The number of hydrogen-bond acceptors (Lipinski definition) is 5. The molecule has 0 aromatic heterocycles. The number of carbonyl (C=O) groups excluding carboxylic acids is 1. The fraction of sp³-hybridized carbons (Fsp3) is 0.278. The van der Waals surface area contributed by atoms with Crippen molar-refractivity contribution in [3.63, 3.8) is 0 Å². The van der Waals surface area contributed by atoms with Gasteiger partial charge in [-0.15, -0.1) is 0 Å². The molecule has 1 aliphatic heterocycles. The average molecular weight is 363 g/mol. The van der Waals surface area contributed by atoms with Crippen LogP contribution in [0.1, 0.15) is 12.0 Å². The van der Waals surface area contributed by atoms with Gasteiger partial charge in [-0.2, -0.15) is 0 Å². The quantitative estimate of drug-likeness (QED) is 0.791. The van der Waals surface area contributed by atoms with Crippen LogP contribution in [0.2, 0.25) is 5.02 Å². The second-order valence-corrected chi connectivity index (χ2v) is 5.90. The molecule has 0 spiro atoms. The molecule has 7 heteroatoms. The molecule has 2 aromatic rings. The van der Waals surface area contributed by atoms with Gasteiger partial charge in [0.05, 0.1) is 12.1 Å². The fourth-order valence-electron chi connectivity index (χ4n) is 2.44. The third kappa shape index (κ3) is 4.48. The second kappa shape index (κ2) is 7.98. The summed E-state index contributed by atoms with van der Waals surface area (Å²) in [6.07, 6.45) is 0.355. The van der Waals surface area contributed by atoms with Crippen molar-refractivity contribution in [3.05, 3.63) is 47.0 Å². The van der Waals surface area contributed by atoms with Crippen LogP contribution >= 0.6 is 11.6 Å². The first kappa shape index (κ1) is 17.2. The van der Waals surface area contributed by atoms with Gasteiger partial charge in [0.1, 0.15) is 5.75 Å². The SMILES string of the molecule is COc1ccc(NCCC(=O)NCc2ccc3c(c2)OCO3)cc1Cl. The van der Waals surface area contributed by atoms with Crippen LogP contribution < -0.4 is 24.8 Å². The predicted molar refractivity (Wildman–Crippen MR) is 95.5 cm³/mol. The van der Waals surface area contributed by atoms with Gasteiger partial charge in [0, 0.05) is 25.2 Å². The molecule has 0 radical (unpaired) electrons. The van der Waals surface area contributed by atoms with E-state index in [4.69, 9.17) is 25.8 Å². The monoisotopic (exact) mass is 362 g/mol. The van der Waals surface area contributed by atoms with Gasteiger partial charge in [0.25, 0.3) is 0 Å². The molecule has 0 bridgehead atoms. The summed E-state index contributed by atoms with van der Waals surface area (Å²) < 4.78 is 15.7. The average Bonchev–Trinajstić information content (AvgIpc) is 3.08. The van der Waals surface area contributed by atoms with E-state index in [1.165, 1.54) is 0 Å². The van der Waals surface area contributed by atoms with E-state index >= 15 is 0 Å². The maximum Gasteiger partial charge on any atom is 0.231 e. The second-order valence-electron chi connectivity index (χ2n) is 5.49. The Kier molecular flexibility index (Phi) is 5.50. The molecule has 0 atom stereocenters. The molecule has 1 aliphatic rings. The van der Waals surface area contributed by atoms with Gasteiger partial charge in [-0.1, -0.05) is 17.7 Å². The van der Waals surface area contributed by atoms with Gasteiger partial charge in [-0.3, -0.25) is 4.79 Å². The molecular formula is C18H19ClN2O4. The number of nitrogens with one attached hydrogen (secondary N) is 2. The van der Waals surface area contributed by atoms with Crippen molar-refractivity contribution < 1.29 is 19.0 Å². The maximum atomic E-state index is 12.0. The first-order chi connectivity index (χ1) is 12.2. The van der Waals surface area contributed by atoms with Crippen LogP contribution in [0.3, 0.4) is 0 Å². The molecule has 25 heavy (non-hydrogen) atoms. The lowest BCUT2D eigenvalue weighted by molar-refractivity contribution is -0.121. The molecule has 0 unspecified atom stereocenters. The van der Waals surface area contributed by atoms with E-state index in [0.29, 0.717) is 36.0 Å². The minimum Gasteiger partial charge on any atom is -0.495 e. The van der Waals surface area contributed by atoms with Gasteiger partial charge in [0.2, 0.25) is 12.7 Å². The first-order valence-electron chi connectivity index (χ1n) is 7.88. The van der Waals surface area contributed by atoms with Crippen LogP contribution in [0.15, 0.2) is 36.4 Å². The van der Waals surface area contributed by atoms with E-state index in [0.717, 1.165) is 17.0 Å². The van der Waals surface area contributed by atoms with Crippen LogP contribution in [0.25, 0.3) is 0 Å². The van der Waals surface area contributed by atoms with Crippen molar-refractivity contribution >= 4 is 23.2 Å². The molecular weight excluding hydrogens is 344 g/mol. The van der Waals surface area contributed by atoms with E-state index in [1.807, 2.05) is 24.3 Å². The Morgan fingerprint density at radius 3 is 2.84 bits per heavy atom. The van der Waals surface area contributed by atoms with Crippen molar-refractivity contribution in [1.29, 1.82) is 0 Å². The lowest BCUT2D eigenvalue weighted by Gasteiger charge is -2.09. The summed E-state index contributed by atoms with van der Waals surface area (Å²) in [5.74, 6) is 2.03. The summed E-state index contributed by atoms with van der Waals surface area (Å²) in [5.41, 5.74) is 1.81. The van der Waals surface area contributed by atoms with Crippen LogP contribution in [0.4, 0.5) is 5.69 Å². The lowest BCUT2D eigenvalue weighted by atomic mass is 10.2. The molecule has 2 aromatic carbocycles. The molecule has 3 rings (SSSR count). The van der Waals surface area contributed by atoms with Crippen LogP contribution in [0.5, 0.6) is 17.2 Å². The number of ether oxygens (including phenoxy) is 3. The summed E-state index contributed by atoms with van der Waals surface area (Å²) in [4.78, 5) is 12.0. The number of amides is 1. The van der Waals surface area contributed by atoms with Crippen molar-refractivity contribution in [2.24, 2.45) is 0 Å². The Bertz CT molecular complexity index is 767. The first-order valence-corrected chi connectivity index (χ1v) is 8.26. The number of carbonyl (C=O) groups is 1. The Morgan fingerprint density at radius 2 is 2.04 bits per heavy atom. The number of hydrogen-bond donors (Lipinski definition) is 2. The topological polar surface area (TPSA) is 68.8 Å². The van der Waals surface area contributed by atoms with E-state index in [1.54, 1.807) is 19.2 Å². The van der Waals surface area contributed by atoms with Crippen LogP contribution in [0, 0.1) is 0 Å². The number of fused-ring (bicyclic) bond motifs is 1. The molecule has 0 saturated heterocycles. The van der Waals surface area contributed by atoms with Crippen molar-refractivity contribution in [2.75, 3.05) is 25.8 Å². The normalized spacial score (nSPS) is 11.9. The van der Waals surface area contributed by atoms with E-state index in [2.05, 4.69) is 10.6 Å².